The molecule has 1 aliphatic carbocycles. The average Bonchev–Trinajstić information content (AvgIpc) is 3.20. The number of rotatable bonds is 5. The Hall–Kier alpha value is -3.37. The zero-order valence-corrected chi connectivity index (χ0v) is 24.8. The van der Waals surface area contributed by atoms with Crippen LogP contribution in [0, 0.1) is 11.8 Å². The Bertz CT molecular complexity index is 1420. The summed E-state index contributed by atoms with van der Waals surface area (Å²) in [5.74, 6) is 7.21. The second kappa shape index (κ2) is 13.5. The Morgan fingerprint density at radius 3 is 2.49 bits per heavy atom. The Morgan fingerprint density at radius 1 is 1.05 bits per heavy atom. The summed E-state index contributed by atoms with van der Waals surface area (Å²) in [6, 6.07) is 9.98. The summed E-state index contributed by atoms with van der Waals surface area (Å²) in [6.07, 6.45) is 10.8. The fourth-order valence-corrected chi connectivity index (χ4v) is 6.12. The lowest BCUT2D eigenvalue weighted by Gasteiger charge is -2.40. The number of hydrogen-bond donors (Lipinski definition) is 1. The van der Waals surface area contributed by atoms with Crippen LogP contribution in [0.2, 0.25) is 5.02 Å². The van der Waals surface area contributed by atoms with Crippen LogP contribution in [0.3, 0.4) is 0 Å². The number of carbonyl (C=O) groups excluding carboxylic acids is 1. The predicted octanol–water partition coefficient (Wildman–Crippen LogP) is 6.14. The number of halogens is 1. The number of amides is 1. The van der Waals surface area contributed by atoms with Crippen molar-refractivity contribution in [2.75, 3.05) is 45.1 Å². The molecule has 0 radical (unpaired) electrons. The van der Waals surface area contributed by atoms with E-state index in [0.29, 0.717) is 22.4 Å². The number of aromatic nitrogens is 1. The van der Waals surface area contributed by atoms with Gasteiger partial charge in [-0.25, -0.2) is 4.98 Å². The quantitative estimate of drug-likeness (QED) is 0.437. The van der Waals surface area contributed by atoms with Gasteiger partial charge in [-0.3, -0.25) is 9.69 Å². The summed E-state index contributed by atoms with van der Waals surface area (Å²) < 4.78 is 5.50. The van der Waals surface area contributed by atoms with Crippen molar-refractivity contribution < 1.29 is 9.53 Å². The highest BCUT2D eigenvalue weighted by Gasteiger charge is 2.29. The first kappa shape index (κ1) is 29.1. The first-order chi connectivity index (χ1) is 20.0. The van der Waals surface area contributed by atoms with Crippen molar-refractivity contribution in [2.24, 2.45) is 0 Å². The highest BCUT2D eigenvalue weighted by molar-refractivity contribution is 6.34. The van der Waals surface area contributed by atoms with Crippen molar-refractivity contribution in [1.82, 2.24) is 14.8 Å². The van der Waals surface area contributed by atoms with Gasteiger partial charge in [0.2, 0.25) is 0 Å². The minimum absolute atomic E-state index is 0.00523. The van der Waals surface area contributed by atoms with Crippen molar-refractivity contribution in [3.05, 3.63) is 87.1 Å². The highest BCUT2D eigenvalue weighted by atomic mass is 35.5. The molecule has 0 bridgehead atoms. The van der Waals surface area contributed by atoms with E-state index in [4.69, 9.17) is 22.1 Å². The zero-order chi connectivity index (χ0) is 28.8. The van der Waals surface area contributed by atoms with Crippen LogP contribution in [-0.2, 0) is 4.74 Å². The van der Waals surface area contributed by atoms with E-state index < -0.39 is 0 Å². The number of allylic oxidation sites excluding steroid dienone is 6. The van der Waals surface area contributed by atoms with Crippen molar-refractivity contribution in [3.63, 3.8) is 0 Å². The lowest BCUT2D eigenvalue weighted by Crippen LogP contribution is -2.50. The summed E-state index contributed by atoms with van der Waals surface area (Å²) in [4.78, 5) is 22.2. The molecule has 0 atom stereocenters. The van der Waals surface area contributed by atoms with Gasteiger partial charge < -0.3 is 15.4 Å². The van der Waals surface area contributed by atoms with E-state index in [2.05, 4.69) is 47.7 Å². The molecular formula is C34H39ClN4O2. The van der Waals surface area contributed by atoms with Gasteiger partial charge in [-0.2, -0.15) is 0 Å². The van der Waals surface area contributed by atoms with E-state index in [9.17, 15) is 4.79 Å². The largest absolute Gasteiger partial charge is 0.384 e. The number of ether oxygens (including phenoxy) is 1. The predicted molar refractivity (Wildman–Crippen MR) is 167 cm³/mol. The maximum atomic E-state index is 13.5. The molecule has 2 aromatic rings. The molecule has 2 saturated heterocycles. The molecule has 0 spiro atoms. The van der Waals surface area contributed by atoms with E-state index in [1.54, 1.807) is 12.3 Å². The fourth-order valence-electron chi connectivity index (χ4n) is 5.85. The topological polar surface area (TPSA) is 71.7 Å². The van der Waals surface area contributed by atoms with Crippen LogP contribution in [0.1, 0.15) is 67.4 Å². The molecule has 214 valence electrons. The number of benzene rings is 1. The van der Waals surface area contributed by atoms with Crippen molar-refractivity contribution in [3.8, 4) is 11.8 Å². The molecule has 2 fully saturated rings. The van der Waals surface area contributed by atoms with Gasteiger partial charge in [-0.05, 0) is 67.5 Å². The minimum atomic E-state index is 0.00523. The number of nitrogens with two attached hydrogens (primary N) is 1. The van der Waals surface area contributed by atoms with Gasteiger partial charge in [-0.1, -0.05) is 66.7 Å². The first-order valence-corrected chi connectivity index (χ1v) is 15.1. The standard InChI is InChI=1S/C34H39ClN4O2/c1-3-24-5-9-30(29(26(4-2)21-24)10-6-25-7-12-33(36)37-23-25)27-8-11-31(32(35)22-27)34(40)39-15-13-28(14-16-39)38-17-19-41-20-18-38/h5,7-9,11-12,22-23,28H,3-4,13-21H2,1-2H3,(H2,36,37). The summed E-state index contributed by atoms with van der Waals surface area (Å²) in [6.45, 7) is 9.41. The van der Waals surface area contributed by atoms with E-state index in [1.165, 1.54) is 11.1 Å². The molecule has 2 aliphatic heterocycles. The monoisotopic (exact) mass is 570 g/mol. The highest BCUT2D eigenvalue weighted by Crippen LogP contribution is 2.35. The summed E-state index contributed by atoms with van der Waals surface area (Å²) >= 11 is 6.83. The number of hydrogen-bond acceptors (Lipinski definition) is 5. The van der Waals surface area contributed by atoms with Gasteiger partial charge in [-0.15, -0.1) is 0 Å². The van der Waals surface area contributed by atoms with Gasteiger partial charge in [0.05, 0.1) is 23.8 Å². The summed E-state index contributed by atoms with van der Waals surface area (Å²) in [7, 11) is 0. The van der Waals surface area contributed by atoms with Crippen LogP contribution >= 0.6 is 11.6 Å². The smallest absolute Gasteiger partial charge is 0.255 e. The molecule has 2 N–H and O–H groups in total. The third-order valence-electron chi connectivity index (χ3n) is 8.37. The zero-order valence-electron chi connectivity index (χ0n) is 24.1. The van der Waals surface area contributed by atoms with Crippen LogP contribution in [0.15, 0.2) is 65.4 Å². The first-order valence-electron chi connectivity index (χ1n) is 14.7. The third-order valence-corrected chi connectivity index (χ3v) is 8.69. The van der Waals surface area contributed by atoms with E-state index in [1.807, 2.05) is 29.2 Å². The summed E-state index contributed by atoms with van der Waals surface area (Å²) in [5.41, 5.74) is 12.8. The number of piperidine rings is 1. The Balaban J connectivity index is 1.39. The van der Waals surface area contributed by atoms with Gasteiger partial charge in [0, 0.05) is 49.6 Å². The van der Waals surface area contributed by atoms with Crippen LogP contribution in [0.4, 0.5) is 5.82 Å². The third kappa shape index (κ3) is 6.93. The number of carbonyl (C=O) groups is 1. The van der Waals surface area contributed by atoms with Crippen LogP contribution in [0.25, 0.3) is 5.57 Å². The minimum Gasteiger partial charge on any atom is -0.384 e. The van der Waals surface area contributed by atoms with E-state index in [0.717, 1.165) is 93.8 Å². The lowest BCUT2D eigenvalue weighted by molar-refractivity contribution is 0.00159. The molecule has 1 amide bonds. The SMILES string of the molecule is CCC1=CC=C(c2ccc(C(=O)N3CCC(N4CCOCC4)CC3)c(Cl)c2)C(C#Cc2ccc(N)nc2)=C(CC)C1. The van der Waals surface area contributed by atoms with Crippen LogP contribution in [-0.4, -0.2) is 66.1 Å². The number of morpholine rings is 1. The van der Waals surface area contributed by atoms with Gasteiger partial charge in [0.25, 0.3) is 5.91 Å². The van der Waals surface area contributed by atoms with E-state index in [-0.39, 0.29) is 5.91 Å². The Kier molecular flexibility index (Phi) is 9.61. The normalized spacial score (nSPS) is 18.8. The van der Waals surface area contributed by atoms with Crippen LogP contribution in [0.5, 0.6) is 0 Å². The maximum absolute atomic E-state index is 13.5. The molecule has 5 rings (SSSR count). The number of anilines is 1. The summed E-state index contributed by atoms with van der Waals surface area (Å²) in [5, 5.41) is 0.473. The van der Waals surface area contributed by atoms with Crippen molar-refractivity contribution >= 4 is 28.9 Å². The molecule has 3 heterocycles. The van der Waals surface area contributed by atoms with Crippen LogP contribution < -0.4 is 5.73 Å². The molecule has 6 nitrogen and oxygen atoms in total. The number of nitrogens with zero attached hydrogens (tertiary/aromatic N) is 3. The molecule has 0 unspecified atom stereocenters. The lowest BCUT2D eigenvalue weighted by atomic mass is 9.91. The van der Waals surface area contributed by atoms with E-state index >= 15 is 0 Å². The second-order valence-electron chi connectivity index (χ2n) is 10.9. The van der Waals surface area contributed by atoms with Gasteiger partial charge in [0.1, 0.15) is 5.82 Å². The molecule has 1 aromatic carbocycles. The van der Waals surface area contributed by atoms with Crippen molar-refractivity contribution in [1.29, 1.82) is 0 Å². The number of nitrogen functional groups attached to an aromatic ring is 1. The van der Waals surface area contributed by atoms with Crippen molar-refractivity contribution in [2.45, 2.75) is 52.0 Å². The molecular weight excluding hydrogens is 532 g/mol. The van der Waals surface area contributed by atoms with Gasteiger partial charge in [0.15, 0.2) is 0 Å². The number of pyridine rings is 1. The fraction of sp³-hybridized carbons (Fsp3) is 0.412. The molecule has 0 saturated carbocycles. The molecule has 3 aliphatic rings. The molecule has 1 aromatic heterocycles. The average molecular weight is 571 g/mol. The second-order valence-corrected chi connectivity index (χ2v) is 11.3. The molecule has 41 heavy (non-hydrogen) atoms. The number of likely N-dealkylation sites (tertiary alicyclic amines) is 1. The Labute approximate surface area is 248 Å². The maximum Gasteiger partial charge on any atom is 0.255 e. The van der Waals surface area contributed by atoms with Gasteiger partial charge >= 0.3 is 0 Å². The Morgan fingerprint density at radius 2 is 1.83 bits per heavy atom. The molecule has 7 heteroatoms.